The number of amides is 1. The second-order valence-electron chi connectivity index (χ2n) is 7.36. The van der Waals surface area contributed by atoms with Crippen molar-refractivity contribution in [1.29, 1.82) is 0 Å². The smallest absolute Gasteiger partial charge is 0.410 e. The Morgan fingerprint density at radius 3 is 2.74 bits per heavy atom. The Balaban J connectivity index is 1.91. The molecule has 0 radical (unpaired) electrons. The number of rotatable bonds is 3. The van der Waals surface area contributed by atoms with E-state index in [1.165, 1.54) is 11.1 Å². The molecule has 0 aromatic heterocycles. The molecule has 1 aromatic carbocycles. The molecule has 0 aliphatic carbocycles. The van der Waals surface area contributed by atoms with Crippen molar-refractivity contribution in [1.82, 2.24) is 9.80 Å². The van der Waals surface area contributed by atoms with E-state index in [0.717, 1.165) is 30.5 Å². The largest absolute Gasteiger partial charge is 0.444 e. The molecule has 1 aliphatic heterocycles. The minimum Gasteiger partial charge on any atom is -0.444 e. The van der Waals surface area contributed by atoms with E-state index in [2.05, 4.69) is 46.0 Å². The molecular weight excluding hydrogens is 356 g/mol. The number of aryl methyl sites for hydroxylation is 1. The van der Waals surface area contributed by atoms with Crippen LogP contribution in [0.3, 0.4) is 0 Å². The van der Waals surface area contributed by atoms with E-state index >= 15 is 0 Å². The van der Waals surface area contributed by atoms with Crippen molar-refractivity contribution in [2.45, 2.75) is 52.3 Å². The van der Waals surface area contributed by atoms with Crippen LogP contribution in [-0.2, 0) is 11.3 Å². The third kappa shape index (κ3) is 5.21. The lowest BCUT2D eigenvalue weighted by molar-refractivity contribution is 0.0228. The van der Waals surface area contributed by atoms with Gasteiger partial charge in [-0.15, -0.1) is 0 Å². The van der Waals surface area contributed by atoms with Crippen molar-refractivity contribution in [2.75, 3.05) is 20.1 Å². The molecule has 1 saturated heterocycles. The summed E-state index contributed by atoms with van der Waals surface area (Å²) < 4.78 is 6.61. The van der Waals surface area contributed by atoms with Gasteiger partial charge in [-0.3, -0.25) is 4.90 Å². The van der Waals surface area contributed by atoms with Crippen LogP contribution in [-0.4, -0.2) is 47.7 Å². The standard InChI is InChI=1S/C18H27BrN2O2/c1-13-6-7-14(16(19)10-13)11-21-9-8-15(12-21)20(5)17(22)23-18(2,3)4/h6-7,10,15H,8-9,11-12H2,1-5H3/t15-/m1/s1. The number of carbonyl (C=O) groups excluding carboxylic acids is 1. The summed E-state index contributed by atoms with van der Waals surface area (Å²) in [5.41, 5.74) is 2.09. The van der Waals surface area contributed by atoms with Gasteiger partial charge in [-0.1, -0.05) is 28.1 Å². The normalized spacial score (nSPS) is 19.0. The van der Waals surface area contributed by atoms with E-state index in [9.17, 15) is 4.79 Å². The van der Waals surface area contributed by atoms with E-state index < -0.39 is 5.60 Å². The summed E-state index contributed by atoms with van der Waals surface area (Å²) in [5, 5.41) is 0. The summed E-state index contributed by atoms with van der Waals surface area (Å²) in [5.74, 6) is 0. The number of nitrogens with zero attached hydrogens (tertiary/aromatic N) is 2. The molecule has 0 spiro atoms. The van der Waals surface area contributed by atoms with Crippen LogP contribution in [0.15, 0.2) is 22.7 Å². The maximum atomic E-state index is 12.2. The molecule has 0 N–H and O–H groups in total. The number of hydrogen-bond acceptors (Lipinski definition) is 3. The van der Waals surface area contributed by atoms with Gasteiger partial charge in [-0.25, -0.2) is 4.79 Å². The average Bonchev–Trinajstić information content (AvgIpc) is 2.87. The van der Waals surface area contributed by atoms with Gasteiger partial charge in [0.15, 0.2) is 0 Å². The first-order valence-corrected chi connectivity index (χ1v) is 8.88. The first-order chi connectivity index (χ1) is 10.7. The molecule has 4 nitrogen and oxygen atoms in total. The second-order valence-corrected chi connectivity index (χ2v) is 8.22. The Kier molecular flexibility index (Phi) is 5.74. The second kappa shape index (κ2) is 7.22. The van der Waals surface area contributed by atoms with E-state index in [0.29, 0.717) is 0 Å². The van der Waals surface area contributed by atoms with Gasteiger partial charge in [0.05, 0.1) is 0 Å². The number of halogens is 1. The molecule has 23 heavy (non-hydrogen) atoms. The van der Waals surface area contributed by atoms with E-state index in [1.807, 2.05) is 27.8 Å². The van der Waals surface area contributed by atoms with Gasteiger partial charge in [-0.05, 0) is 51.3 Å². The van der Waals surface area contributed by atoms with Crippen molar-refractivity contribution < 1.29 is 9.53 Å². The van der Waals surface area contributed by atoms with Crippen LogP contribution >= 0.6 is 15.9 Å². The number of hydrogen-bond donors (Lipinski definition) is 0. The molecule has 1 amide bonds. The van der Waals surface area contributed by atoms with Gasteiger partial charge in [0, 0.05) is 37.2 Å². The van der Waals surface area contributed by atoms with Crippen LogP contribution in [0.1, 0.15) is 38.3 Å². The molecule has 0 unspecified atom stereocenters. The van der Waals surface area contributed by atoms with Crippen molar-refractivity contribution >= 4 is 22.0 Å². The fraction of sp³-hybridized carbons (Fsp3) is 0.611. The Bertz CT molecular complexity index is 569. The number of likely N-dealkylation sites (N-methyl/N-ethyl adjacent to an activating group) is 1. The van der Waals surface area contributed by atoms with Crippen LogP contribution in [0.5, 0.6) is 0 Å². The third-order valence-electron chi connectivity index (χ3n) is 4.08. The zero-order valence-electron chi connectivity index (χ0n) is 14.7. The summed E-state index contributed by atoms with van der Waals surface area (Å²) in [6, 6.07) is 6.68. The zero-order chi connectivity index (χ0) is 17.2. The van der Waals surface area contributed by atoms with Crippen molar-refractivity contribution in [3.8, 4) is 0 Å². The zero-order valence-corrected chi connectivity index (χ0v) is 16.3. The van der Waals surface area contributed by atoms with Gasteiger partial charge in [-0.2, -0.15) is 0 Å². The predicted molar refractivity (Wildman–Crippen MR) is 96.6 cm³/mol. The molecule has 2 rings (SSSR count). The fourth-order valence-electron chi connectivity index (χ4n) is 2.78. The van der Waals surface area contributed by atoms with Crippen molar-refractivity contribution in [2.24, 2.45) is 0 Å². The highest BCUT2D eigenvalue weighted by Crippen LogP contribution is 2.23. The maximum absolute atomic E-state index is 12.2. The number of likely N-dealkylation sites (tertiary alicyclic amines) is 1. The molecular formula is C18H27BrN2O2. The van der Waals surface area contributed by atoms with Gasteiger partial charge < -0.3 is 9.64 Å². The van der Waals surface area contributed by atoms with Gasteiger partial charge in [0.25, 0.3) is 0 Å². The summed E-state index contributed by atoms with van der Waals surface area (Å²) in [6.45, 7) is 10.6. The monoisotopic (exact) mass is 382 g/mol. The summed E-state index contributed by atoms with van der Waals surface area (Å²) in [4.78, 5) is 16.3. The van der Waals surface area contributed by atoms with Gasteiger partial charge in [0.1, 0.15) is 5.60 Å². The molecule has 128 valence electrons. The Morgan fingerprint density at radius 1 is 1.43 bits per heavy atom. The first kappa shape index (κ1) is 18.3. The lowest BCUT2D eigenvalue weighted by Gasteiger charge is -2.28. The summed E-state index contributed by atoms with van der Waals surface area (Å²) >= 11 is 3.64. The Labute approximate surface area is 147 Å². The van der Waals surface area contributed by atoms with Crippen LogP contribution < -0.4 is 0 Å². The lowest BCUT2D eigenvalue weighted by Crippen LogP contribution is -2.42. The third-order valence-corrected chi connectivity index (χ3v) is 4.82. The van der Waals surface area contributed by atoms with Crippen LogP contribution in [0.2, 0.25) is 0 Å². The number of ether oxygens (including phenoxy) is 1. The SMILES string of the molecule is Cc1ccc(CN2CC[C@@H](N(C)C(=O)OC(C)(C)C)C2)c(Br)c1. The maximum Gasteiger partial charge on any atom is 0.410 e. The topological polar surface area (TPSA) is 32.8 Å². The molecule has 5 heteroatoms. The number of benzene rings is 1. The molecule has 1 aromatic rings. The fourth-order valence-corrected chi connectivity index (χ4v) is 3.40. The Hall–Kier alpha value is -1.07. The summed E-state index contributed by atoms with van der Waals surface area (Å²) in [7, 11) is 1.84. The molecule has 1 heterocycles. The summed E-state index contributed by atoms with van der Waals surface area (Å²) in [6.07, 6.45) is 0.750. The minimum atomic E-state index is -0.448. The molecule has 1 fully saturated rings. The Morgan fingerprint density at radius 2 is 2.13 bits per heavy atom. The highest BCUT2D eigenvalue weighted by atomic mass is 79.9. The molecule has 0 saturated carbocycles. The van der Waals surface area contributed by atoms with Crippen LogP contribution in [0.4, 0.5) is 4.79 Å². The van der Waals surface area contributed by atoms with Crippen molar-refractivity contribution in [3.05, 3.63) is 33.8 Å². The van der Waals surface area contributed by atoms with E-state index in [-0.39, 0.29) is 12.1 Å². The lowest BCUT2D eigenvalue weighted by atomic mass is 10.1. The highest BCUT2D eigenvalue weighted by Gasteiger charge is 2.31. The average molecular weight is 383 g/mol. The van der Waals surface area contributed by atoms with E-state index in [4.69, 9.17) is 4.74 Å². The molecule has 1 aliphatic rings. The minimum absolute atomic E-state index is 0.217. The predicted octanol–water partition coefficient (Wildman–Crippen LogP) is 4.20. The molecule has 0 bridgehead atoms. The van der Waals surface area contributed by atoms with Gasteiger partial charge >= 0.3 is 6.09 Å². The van der Waals surface area contributed by atoms with Crippen LogP contribution in [0, 0.1) is 6.92 Å². The quantitative estimate of drug-likeness (QED) is 0.784. The molecule has 1 atom stereocenters. The van der Waals surface area contributed by atoms with Gasteiger partial charge in [0.2, 0.25) is 0 Å². The van der Waals surface area contributed by atoms with Crippen LogP contribution in [0.25, 0.3) is 0 Å². The highest BCUT2D eigenvalue weighted by molar-refractivity contribution is 9.10. The number of carbonyl (C=O) groups is 1. The van der Waals surface area contributed by atoms with Crippen molar-refractivity contribution in [3.63, 3.8) is 0 Å². The van der Waals surface area contributed by atoms with E-state index in [1.54, 1.807) is 4.90 Å². The first-order valence-electron chi connectivity index (χ1n) is 8.09.